The Morgan fingerprint density at radius 1 is 1.00 bits per heavy atom. The highest BCUT2D eigenvalue weighted by Crippen LogP contribution is 2.56. The fourth-order valence-corrected chi connectivity index (χ4v) is 5.59. The monoisotopic (exact) mass is 494 g/mol. The van der Waals surface area contributed by atoms with Gasteiger partial charge in [0.15, 0.2) is 5.78 Å². The Bertz CT molecular complexity index is 946. The predicted octanol–water partition coefficient (Wildman–Crippen LogP) is 3.61. The van der Waals surface area contributed by atoms with Gasteiger partial charge in [-0.05, 0) is 64.9 Å². The zero-order valence-electron chi connectivity index (χ0n) is 22.2. The van der Waals surface area contributed by atoms with Crippen molar-refractivity contribution in [3.05, 3.63) is 11.1 Å². The van der Waals surface area contributed by atoms with Crippen LogP contribution in [0.4, 0.5) is 0 Å². The number of carbonyl (C=O) groups is 5. The van der Waals surface area contributed by atoms with E-state index in [-0.39, 0.29) is 11.7 Å². The maximum absolute atomic E-state index is 13.4. The number of Topliss-reactive ketones (excluding diaryl/α,β-unsaturated/α-hetero) is 1. The summed E-state index contributed by atoms with van der Waals surface area (Å²) in [6.07, 6.45) is -0.404. The number of fused-ring (bicyclic) bond motifs is 1. The van der Waals surface area contributed by atoms with Gasteiger partial charge in [0.25, 0.3) is 0 Å². The van der Waals surface area contributed by atoms with Crippen LogP contribution in [0.3, 0.4) is 0 Å². The van der Waals surface area contributed by atoms with Crippen LogP contribution in [0.25, 0.3) is 0 Å². The SMILES string of the molecule is CC(=O)OC(C)C(C)(OC(C)=O)C(=O)OC1CCC2(C)CC(=O)C(=C(C)C)CC2C1(C)OC(C)=O. The third kappa shape index (κ3) is 5.76. The van der Waals surface area contributed by atoms with E-state index in [1.807, 2.05) is 20.8 Å². The Balaban J connectivity index is 2.48. The highest BCUT2D eigenvalue weighted by atomic mass is 16.6. The summed E-state index contributed by atoms with van der Waals surface area (Å²) in [7, 11) is 0. The van der Waals surface area contributed by atoms with Crippen LogP contribution in [0.5, 0.6) is 0 Å². The number of ketones is 1. The molecular weight excluding hydrogens is 456 g/mol. The summed E-state index contributed by atoms with van der Waals surface area (Å²) in [6.45, 7) is 13.8. The molecule has 0 aliphatic heterocycles. The lowest BCUT2D eigenvalue weighted by atomic mass is 9.53. The van der Waals surface area contributed by atoms with E-state index in [2.05, 4.69) is 0 Å². The van der Waals surface area contributed by atoms with Gasteiger partial charge in [-0.25, -0.2) is 4.79 Å². The average molecular weight is 495 g/mol. The maximum Gasteiger partial charge on any atom is 0.354 e. The third-order valence-corrected chi connectivity index (χ3v) is 7.56. The largest absolute Gasteiger partial charge is 0.458 e. The first-order valence-corrected chi connectivity index (χ1v) is 11.9. The number of rotatable bonds is 6. The van der Waals surface area contributed by atoms with Gasteiger partial charge in [-0.1, -0.05) is 12.5 Å². The smallest absolute Gasteiger partial charge is 0.354 e. The fraction of sp³-hybridized carbons (Fsp3) is 0.731. The number of ether oxygens (including phenoxy) is 4. The van der Waals surface area contributed by atoms with Crippen LogP contribution in [0, 0.1) is 11.3 Å². The molecule has 2 aliphatic carbocycles. The number of hydrogen-bond acceptors (Lipinski definition) is 9. The lowest BCUT2D eigenvalue weighted by molar-refractivity contribution is -0.231. The van der Waals surface area contributed by atoms with E-state index in [9.17, 15) is 24.0 Å². The molecule has 2 aliphatic rings. The first-order chi connectivity index (χ1) is 16.0. The van der Waals surface area contributed by atoms with Gasteiger partial charge >= 0.3 is 23.9 Å². The van der Waals surface area contributed by atoms with Crippen molar-refractivity contribution < 1.29 is 42.9 Å². The summed E-state index contributed by atoms with van der Waals surface area (Å²) < 4.78 is 22.2. The molecular formula is C26H38O9. The van der Waals surface area contributed by atoms with Crippen LogP contribution in [0.15, 0.2) is 11.1 Å². The van der Waals surface area contributed by atoms with Gasteiger partial charge in [0.05, 0.1) is 0 Å². The first kappa shape index (κ1) is 28.5. The lowest BCUT2D eigenvalue weighted by Crippen LogP contribution is -2.63. The predicted molar refractivity (Wildman–Crippen MR) is 125 cm³/mol. The quantitative estimate of drug-likeness (QED) is 0.309. The molecule has 196 valence electrons. The molecule has 35 heavy (non-hydrogen) atoms. The number of hydrogen-bond donors (Lipinski definition) is 0. The molecule has 0 aromatic rings. The molecule has 0 saturated heterocycles. The fourth-order valence-electron chi connectivity index (χ4n) is 5.59. The molecule has 9 nitrogen and oxygen atoms in total. The second-order valence-corrected chi connectivity index (χ2v) is 10.7. The van der Waals surface area contributed by atoms with Gasteiger partial charge < -0.3 is 18.9 Å². The summed E-state index contributed by atoms with van der Waals surface area (Å²) in [5.74, 6) is -3.06. The van der Waals surface area contributed by atoms with Gasteiger partial charge in [0, 0.05) is 33.1 Å². The molecule has 6 unspecified atom stereocenters. The molecule has 0 aromatic carbocycles. The highest BCUT2D eigenvalue weighted by Gasteiger charge is 2.61. The normalized spacial score (nSPS) is 30.8. The molecule has 0 heterocycles. The molecule has 0 radical (unpaired) electrons. The van der Waals surface area contributed by atoms with Crippen molar-refractivity contribution in [2.45, 2.75) is 111 Å². The van der Waals surface area contributed by atoms with Crippen LogP contribution in [-0.4, -0.2) is 53.1 Å². The van der Waals surface area contributed by atoms with E-state index < -0.39 is 52.7 Å². The van der Waals surface area contributed by atoms with Crippen LogP contribution < -0.4 is 0 Å². The van der Waals surface area contributed by atoms with Crippen molar-refractivity contribution in [2.24, 2.45) is 11.3 Å². The van der Waals surface area contributed by atoms with E-state index in [1.54, 1.807) is 6.92 Å². The Morgan fingerprint density at radius 3 is 2.09 bits per heavy atom. The molecule has 2 saturated carbocycles. The van der Waals surface area contributed by atoms with Crippen LogP contribution in [-0.2, 0) is 42.9 Å². The van der Waals surface area contributed by atoms with E-state index in [0.717, 1.165) is 12.5 Å². The van der Waals surface area contributed by atoms with Crippen molar-refractivity contribution in [1.82, 2.24) is 0 Å². The third-order valence-electron chi connectivity index (χ3n) is 7.56. The first-order valence-electron chi connectivity index (χ1n) is 11.9. The number of carbonyl (C=O) groups excluding carboxylic acids is 5. The summed E-state index contributed by atoms with van der Waals surface area (Å²) in [4.78, 5) is 61.8. The minimum Gasteiger partial charge on any atom is -0.458 e. The van der Waals surface area contributed by atoms with Crippen LogP contribution in [0.2, 0.25) is 0 Å². The van der Waals surface area contributed by atoms with Gasteiger partial charge in [-0.3, -0.25) is 19.2 Å². The van der Waals surface area contributed by atoms with E-state index in [1.165, 1.54) is 27.7 Å². The van der Waals surface area contributed by atoms with E-state index >= 15 is 0 Å². The van der Waals surface area contributed by atoms with Gasteiger partial charge in [0.2, 0.25) is 5.60 Å². The van der Waals surface area contributed by atoms with Gasteiger partial charge in [-0.2, -0.15) is 0 Å². The van der Waals surface area contributed by atoms with Gasteiger partial charge in [0.1, 0.15) is 17.8 Å². The molecule has 0 bridgehead atoms. The Morgan fingerprint density at radius 2 is 1.60 bits per heavy atom. The maximum atomic E-state index is 13.4. The Hall–Kier alpha value is -2.71. The van der Waals surface area contributed by atoms with Crippen molar-refractivity contribution in [1.29, 1.82) is 0 Å². The van der Waals surface area contributed by atoms with Crippen molar-refractivity contribution in [3.63, 3.8) is 0 Å². The number of allylic oxidation sites excluding steroid dienone is 2. The number of esters is 4. The molecule has 2 rings (SSSR count). The van der Waals surface area contributed by atoms with Crippen LogP contribution >= 0.6 is 0 Å². The summed E-state index contributed by atoms with van der Waals surface area (Å²) in [5.41, 5.74) is -2.00. The molecule has 0 aromatic heterocycles. The average Bonchev–Trinajstić information content (AvgIpc) is 2.67. The minimum absolute atomic E-state index is 0.0852. The van der Waals surface area contributed by atoms with Crippen molar-refractivity contribution >= 4 is 29.7 Å². The minimum atomic E-state index is -1.91. The van der Waals surface area contributed by atoms with Crippen molar-refractivity contribution in [3.8, 4) is 0 Å². The Labute approximate surface area is 206 Å². The molecule has 2 fully saturated rings. The molecule has 0 N–H and O–H groups in total. The Kier molecular flexibility index (Phi) is 8.24. The molecule has 6 atom stereocenters. The second-order valence-electron chi connectivity index (χ2n) is 10.7. The topological polar surface area (TPSA) is 122 Å². The molecule has 0 amide bonds. The van der Waals surface area contributed by atoms with E-state index in [0.29, 0.717) is 31.3 Å². The molecule has 9 heteroatoms. The van der Waals surface area contributed by atoms with Gasteiger partial charge in [-0.15, -0.1) is 0 Å². The summed E-state index contributed by atoms with van der Waals surface area (Å²) >= 11 is 0. The zero-order chi connectivity index (χ0) is 26.9. The zero-order valence-corrected chi connectivity index (χ0v) is 22.2. The molecule has 0 spiro atoms. The summed E-state index contributed by atoms with van der Waals surface area (Å²) in [5, 5.41) is 0. The standard InChI is InChI=1S/C26H38O9/c1-14(2)19-12-21-24(7,13-20(19)30)11-10-22(26(21,9)35-18(6)29)33-23(31)25(8,34-17(5)28)15(3)32-16(4)27/h15,21-22H,10-13H2,1-9H3. The second kappa shape index (κ2) is 10.1. The summed E-state index contributed by atoms with van der Waals surface area (Å²) in [6, 6.07) is 0. The van der Waals surface area contributed by atoms with Crippen molar-refractivity contribution in [2.75, 3.05) is 0 Å². The van der Waals surface area contributed by atoms with E-state index in [4.69, 9.17) is 18.9 Å². The highest BCUT2D eigenvalue weighted by molar-refractivity contribution is 5.97. The van der Waals surface area contributed by atoms with Crippen LogP contribution in [0.1, 0.15) is 88.0 Å². The lowest BCUT2D eigenvalue weighted by Gasteiger charge is -2.56.